The Hall–Kier alpha value is -0.380. The van der Waals surface area contributed by atoms with Gasteiger partial charge in [0.1, 0.15) is 0 Å². The van der Waals surface area contributed by atoms with Gasteiger partial charge in [0, 0.05) is 10.5 Å². The van der Waals surface area contributed by atoms with Gasteiger partial charge >= 0.3 is 0 Å². The lowest BCUT2D eigenvalue weighted by atomic mass is 9.87. The molecule has 0 spiro atoms. The molecule has 0 bridgehead atoms. The number of hydrogen-bond donors (Lipinski definition) is 2. The predicted molar refractivity (Wildman–Crippen MR) is 75.4 cm³/mol. The molecular weight excluding hydrogens is 276 g/mol. The van der Waals surface area contributed by atoms with E-state index in [1.54, 1.807) is 0 Å². The minimum atomic E-state index is 0.297. The predicted octanol–water partition coefficient (Wildman–Crippen LogP) is 3.92. The van der Waals surface area contributed by atoms with Crippen molar-refractivity contribution in [3.63, 3.8) is 0 Å². The number of nitrogens with two attached hydrogens (primary N) is 1. The summed E-state index contributed by atoms with van der Waals surface area (Å²) in [6.45, 7) is 0. The van der Waals surface area contributed by atoms with E-state index in [0.29, 0.717) is 12.0 Å². The molecule has 0 radical (unpaired) electrons. The van der Waals surface area contributed by atoms with Gasteiger partial charge in [-0.25, -0.2) is 0 Å². The van der Waals surface area contributed by atoms with Crippen molar-refractivity contribution in [3.05, 3.63) is 34.3 Å². The average Bonchev–Trinajstić information content (AvgIpc) is 2.59. The molecule has 1 aliphatic rings. The normalized spacial score (nSPS) is 19.9. The molecule has 3 N–H and O–H groups in total. The van der Waals surface area contributed by atoms with Gasteiger partial charge in [-0.1, -0.05) is 53.7 Å². The van der Waals surface area contributed by atoms with E-state index < -0.39 is 0 Å². The minimum Gasteiger partial charge on any atom is -0.271 e. The van der Waals surface area contributed by atoms with Crippen molar-refractivity contribution >= 4 is 15.9 Å². The van der Waals surface area contributed by atoms with Crippen LogP contribution in [0.4, 0.5) is 0 Å². The lowest BCUT2D eigenvalue weighted by Gasteiger charge is -2.26. The Bertz CT molecular complexity index is 346. The summed E-state index contributed by atoms with van der Waals surface area (Å²) in [6.07, 6.45) is 8.04. The fraction of sp³-hybridized carbons (Fsp3) is 0.571. The summed E-state index contributed by atoms with van der Waals surface area (Å²) in [4.78, 5) is 0. The molecule has 0 amide bonds. The van der Waals surface area contributed by atoms with Crippen molar-refractivity contribution in [2.24, 2.45) is 11.8 Å². The van der Waals surface area contributed by atoms with Gasteiger partial charge in [-0.15, -0.1) is 0 Å². The molecule has 17 heavy (non-hydrogen) atoms. The molecule has 0 saturated heterocycles. The van der Waals surface area contributed by atoms with Crippen LogP contribution in [-0.4, -0.2) is 0 Å². The Labute approximate surface area is 112 Å². The second-order valence-electron chi connectivity index (χ2n) is 4.95. The molecule has 3 heteroatoms. The van der Waals surface area contributed by atoms with Gasteiger partial charge < -0.3 is 0 Å². The summed E-state index contributed by atoms with van der Waals surface area (Å²) in [5, 5.41) is 0. The number of halogens is 1. The summed E-state index contributed by atoms with van der Waals surface area (Å²) in [5.41, 5.74) is 4.32. The first kappa shape index (κ1) is 13.1. The van der Waals surface area contributed by atoms with E-state index in [1.807, 2.05) is 0 Å². The van der Waals surface area contributed by atoms with Crippen LogP contribution in [0.2, 0.25) is 0 Å². The zero-order valence-electron chi connectivity index (χ0n) is 10.2. The monoisotopic (exact) mass is 296 g/mol. The molecule has 2 nitrogen and oxygen atoms in total. The van der Waals surface area contributed by atoms with Gasteiger partial charge in [0.05, 0.1) is 0 Å². The molecule has 1 saturated carbocycles. The van der Waals surface area contributed by atoms with Crippen molar-refractivity contribution < 1.29 is 0 Å². The van der Waals surface area contributed by atoms with Crippen molar-refractivity contribution in [2.75, 3.05) is 0 Å². The van der Waals surface area contributed by atoms with Crippen molar-refractivity contribution in [1.82, 2.24) is 5.43 Å². The van der Waals surface area contributed by atoms with Crippen LogP contribution in [0.5, 0.6) is 0 Å². The highest BCUT2D eigenvalue weighted by molar-refractivity contribution is 9.10. The van der Waals surface area contributed by atoms with Crippen LogP contribution >= 0.6 is 15.9 Å². The van der Waals surface area contributed by atoms with E-state index in [2.05, 4.69) is 45.6 Å². The first-order valence-corrected chi connectivity index (χ1v) is 7.32. The van der Waals surface area contributed by atoms with Crippen LogP contribution in [0.3, 0.4) is 0 Å². The first-order valence-electron chi connectivity index (χ1n) is 6.53. The van der Waals surface area contributed by atoms with Crippen LogP contribution in [0, 0.1) is 5.92 Å². The highest BCUT2D eigenvalue weighted by Crippen LogP contribution is 2.33. The third-order valence-electron chi connectivity index (χ3n) is 3.76. The molecule has 2 rings (SSSR count). The van der Waals surface area contributed by atoms with Crippen LogP contribution in [0.1, 0.15) is 50.1 Å². The molecular formula is C14H21BrN2. The molecule has 1 fully saturated rings. The Morgan fingerprint density at radius 1 is 1.18 bits per heavy atom. The molecule has 94 valence electrons. The van der Waals surface area contributed by atoms with Gasteiger partial charge in [0.15, 0.2) is 0 Å². The average molecular weight is 297 g/mol. The molecule has 1 unspecified atom stereocenters. The lowest BCUT2D eigenvalue weighted by molar-refractivity contribution is 0.329. The van der Waals surface area contributed by atoms with Crippen LogP contribution in [-0.2, 0) is 0 Å². The molecule has 0 aromatic heterocycles. The van der Waals surface area contributed by atoms with Crippen LogP contribution in [0.25, 0.3) is 0 Å². The fourth-order valence-electron chi connectivity index (χ4n) is 2.85. The second-order valence-corrected chi connectivity index (χ2v) is 5.87. The van der Waals surface area contributed by atoms with E-state index in [4.69, 9.17) is 5.84 Å². The smallest absolute Gasteiger partial charge is 0.0488 e. The van der Waals surface area contributed by atoms with Gasteiger partial charge in [0.25, 0.3) is 0 Å². The standard InChI is InChI=1S/C14H21BrN2/c15-13-9-5-8-12(10-13)14(17-16)11-6-3-1-2-4-7-11/h5,8-11,14,17H,1-4,6-7,16H2. The van der Waals surface area contributed by atoms with Crippen LogP contribution < -0.4 is 11.3 Å². The number of hydrazine groups is 1. The van der Waals surface area contributed by atoms with Gasteiger partial charge in [-0.2, -0.15) is 0 Å². The van der Waals surface area contributed by atoms with Gasteiger partial charge in [-0.3, -0.25) is 11.3 Å². The number of benzene rings is 1. The zero-order valence-corrected chi connectivity index (χ0v) is 11.7. The molecule has 1 aliphatic carbocycles. The summed E-state index contributed by atoms with van der Waals surface area (Å²) in [5.74, 6) is 6.45. The van der Waals surface area contributed by atoms with E-state index >= 15 is 0 Å². The number of nitrogens with one attached hydrogen (secondary N) is 1. The summed E-state index contributed by atoms with van der Waals surface area (Å²) < 4.78 is 1.13. The third-order valence-corrected chi connectivity index (χ3v) is 4.25. The van der Waals surface area contributed by atoms with E-state index in [-0.39, 0.29) is 0 Å². The van der Waals surface area contributed by atoms with Crippen LogP contribution in [0.15, 0.2) is 28.7 Å². The Morgan fingerprint density at radius 2 is 1.88 bits per heavy atom. The molecule has 1 atom stereocenters. The summed E-state index contributed by atoms with van der Waals surface area (Å²) >= 11 is 3.53. The van der Waals surface area contributed by atoms with Crippen molar-refractivity contribution in [2.45, 2.75) is 44.6 Å². The maximum Gasteiger partial charge on any atom is 0.0488 e. The van der Waals surface area contributed by atoms with E-state index in [1.165, 1.54) is 44.1 Å². The van der Waals surface area contributed by atoms with Crippen molar-refractivity contribution in [3.8, 4) is 0 Å². The molecule has 0 heterocycles. The Balaban J connectivity index is 2.14. The maximum atomic E-state index is 5.77. The zero-order chi connectivity index (χ0) is 12.1. The first-order chi connectivity index (χ1) is 8.31. The number of rotatable bonds is 3. The SMILES string of the molecule is NNC(c1cccc(Br)c1)C1CCCCCC1. The third kappa shape index (κ3) is 3.54. The molecule has 1 aromatic carbocycles. The fourth-order valence-corrected chi connectivity index (χ4v) is 3.27. The van der Waals surface area contributed by atoms with E-state index in [0.717, 1.165) is 4.47 Å². The second kappa shape index (κ2) is 6.53. The topological polar surface area (TPSA) is 38.0 Å². The molecule has 0 aliphatic heterocycles. The minimum absolute atomic E-state index is 0.297. The Morgan fingerprint density at radius 3 is 2.47 bits per heavy atom. The van der Waals surface area contributed by atoms with Crippen molar-refractivity contribution in [1.29, 1.82) is 0 Å². The van der Waals surface area contributed by atoms with Gasteiger partial charge in [-0.05, 0) is 36.5 Å². The summed E-state index contributed by atoms with van der Waals surface area (Å²) in [7, 11) is 0. The number of hydrogen-bond acceptors (Lipinski definition) is 2. The largest absolute Gasteiger partial charge is 0.271 e. The highest BCUT2D eigenvalue weighted by Gasteiger charge is 2.23. The highest BCUT2D eigenvalue weighted by atomic mass is 79.9. The lowest BCUT2D eigenvalue weighted by Crippen LogP contribution is -2.33. The quantitative estimate of drug-likeness (QED) is 0.504. The van der Waals surface area contributed by atoms with Gasteiger partial charge in [0.2, 0.25) is 0 Å². The maximum absolute atomic E-state index is 5.77. The Kier molecular flexibility index (Phi) is 5.01. The van der Waals surface area contributed by atoms with E-state index in [9.17, 15) is 0 Å². The molecule has 1 aromatic rings. The summed E-state index contributed by atoms with van der Waals surface area (Å²) in [6, 6.07) is 8.78.